The molecule has 0 aliphatic heterocycles. The Morgan fingerprint density at radius 1 is 0.500 bits per heavy atom. The molecule has 0 aliphatic rings. The first kappa shape index (κ1) is 21.1. The summed E-state index contributed by atoms with van der Waals surface area (Å²) in [5, 5.41) is 31.0. The highest BCUT2D eigenvalue weighted by Crippen LogP contribution is 1.84. The summed E-state index contributed by atoms with van der Waals surface area (Å²) in [6.07, 6.45) is -0.984. The van der Waals surface area contributed by atoms with Gasteiger partial charge < -0.3 is 42.1 Å². The molecule has 0 spiro atoms. The van der Waals surface area contributed by atoms with Crippen molar-refractivity contribution in [1.29, 1.82) is 0 Å². The van der Waals surface area contributed by atoms with E-state index in [1.807, 2.05) is 0 Å². The van der Waals surface area contributed by atoms with E-state index in [4.69, 9.17) is 10.2 Å². The molecule has 8 N–H and O–H groups in total. The Hall–Kier alpha value is -2.92. The third-order valence-electron chi connectivity index (χ3n) is 2.55. The second-order valence-electron chi connectivity index (χ2n) is 4.54. The lowest BCUT2D eigenvalue weighted by atomic mass is 10.3. The predicted octanol–water partition coefficient (Wildman–Crippen LogP) is -1.10. The first-order valence-electron chi connectivity index (χ1n) is 7.39. The van der Waals surface area contributed by atoms with Crippen molar-refractivity contribution in [2.24, 2.45) is 0 Å². The number of rotatable bonds is 11. The van der Waals surface area contributed by atoms with Crippen LogP contribution in [0.15, 0.2) is 0 Å². The van der Waals surface area contributed by atoms with Gasteiger partial charge in [0.2, 0.25) is 0 Å². The number of urea groups is 2. The number of unbranched alkanes of at least 4 members (excludes halogenated alkanes) is 1. The molecule has 0 aromatic heterocycles. The second-order valence-corrected chi connectivity index (χ2v) is 4.54. The maximum Gasteiger partial charge on any atom is 0.404 e. The van der Waals surface area contributed by atoms with Crippen LogP contribution >= 0.6 is 0 Å². The molecule has 0 radical (unpaired) electrons. The fraction of sp³-hybridized carbons (Fsp3) is 0.667. The molecule has 0 bridgehead atoms. The Kier molecular flexibility index (Phi) is 12.1. The van der Waals surface area contributed by atoms with Gasteiger partial charge >= 0.3 is 24.2 Å². The minimum absolute atomic E-state index is 0.129. The van der Waals surface area contributed by atoms with Crippen LogP contribution in [0.4, 0.5) is 19.2 Å². The maximum atomic E-state index is 11.3. The molecule has 0 unspecified atom stereocenters. The zero-order valence-corrected chi connectivity index (χ0v) is 13.2. The van der Waals surface area contributed by atoms with Crippen molar-refractivity contribution in [3.05, 3.63) is 0 Å². The number of carbonyl (C=O) groups excluding carboxylic acids is 2. The molecule has 0 atom stereocenters. The summed E-state index contributed by atoms with van der Waals surface area (Å²) >= 11 is 0. The number of nitrogens with one attached hydrogen (secondary N) is 6. The number of carbonyl (C=O) groups is 4. The summed E-state index contributed by atoms with van der Waals surface area (Å²) in [5.41, 5.74) is 0. The molecule has 0 saturated heterocycles. The summed E-state index contributed by atoms with van der Waals surface area (Å²) in [7, 11) is 0. The van der Waals surface area contributed by atoms with E-state index >= 15 is 0 Å². The Balaban J connectivity index is 3.37. The molecule has 138 valence electrons. The van der Waals surface area contributed by atoms with Crippen LogP contribution in [0.1, 0.15) is 12.8 Å². The molecule has 0 fully saturated rings. The highest BCUT2D eigenvalue weighted by molar-refractivity contribution is 5.74. The highest BCUT2D eigenvalue weighted by Gasteiger charge is 2.01. The summed E-state index contributed by atoms with van der Waals surface area (Å²) in [6.45, 7) is 1.48. The zero-order valence-electron chi connectivity index (χ0n) is 13.2. The van der Waals surface area contributed by atoms with Gasteiger partial charge in [-0.2, -0.15) is 0 Å². The lowest BCUT2D eigenvalue weighted by Gasteiger charge is -2.09. The molecule has 0 rings (SSSR count). The third-order valence-corrected chi connectivity index (χ3v) is 2.55. The van der Waals surface area contributed by atoms with Gasteiger partial charge in [-0.15, -0.1) is 0 Å². The monoisotopic (exact) mass is 348 g/mol. The predicted molar refractivity (Wildman–Crippen MR) is 84.1 cm³/mol. The van der Waals surface area contributed by atoms with E-state index < -0.39 is 12.2 Å². The molecule has 24 heavy (non-hydrogen) atoms. The molecule has 0 saturated carbocycles. The molecule has 0 aliphatic carbocycles. The fourth-order valence-corrected chi connectivity index (χ4v) is 1.47. The molecular weight excluding hydrogens is 324 g/mol. The Morgan fingerprint density at radius 3 is 1.12 bits per heavy atom. The molecule has 0 heterocycles. The van der Waals surface area contributed by atoms with Gasteiger partial charge in [0.15, 0.2) is 0 Å². The quantitative estimate of drug-likeness (QED) is 0.219. The minimum Gasteiger partial charge on any atom is -0.465 e. The Labute approximate surface area is 138 Å². The van der Waals surface area contributed by atoms with Crippen molar-refractivity contribution in [2.45, 2.75) is 12.8 Å². The van der Waals surface area contributed by atoms with Crippen LogP contribution < -0.4 is 31.9 Å². The van der Waals surface area contributed by atoms with Gasteiger partial charge in [-0.25, -0.2) is 19.2 Å². The van der Waals surface area contributed by atoms with Crippen molar-refractivity contribution in [3.63, 3.8) is 0 Å². The van der Waals surface area contributed by atoms with E-state index in [1.165, 1.54) is 0 Å². The van der Waals surface area contributed by atoms with Crippen molar-refractivity contribution < 1.29 is 29.4 Å². The SMILES string of the molecule is O=C(O)NCCNC(=O)NCCCCNC(=O)NCCNC(=O)O. The van der Waals surface area contributed by atoms with E-state index in [0.717, 1.165) is 0 Å². The second kappa shape index (κ2) is 13.7. The van der Waals surface area contributed by atoms with Crippen LogP contribution in [0.2, 0.25) is 0 Å². The van der Waals surface area contributed by atoms with Crippen LogP contribution in [-0.2, 0) is 0 Å². The number of amides is 6. The van der Waals surface area contributed by atoms with Gasteiger partial charge in [0.05, 0.1) is 0 Å². The van der Waals surface area contributed by atoms with Crippen molar-refractivity contribution in [2.75, 3.05) is 39.3 Å². The van der Waals surface area contributed by atoms with Crippen LogP contribution in [-0.4, -0.2) is 73.7 Å². The Morgan fingerprint density at radius 2 is 0.792 bits per heavy atom. The van der Waals surface area contributed by atoms with Crippen molar-refractivity contribution >= 4 is 24.2 Å². The largest absolute Gasteiger partial charge is 0.465 e. The van der Waals surface area contributed by atoms with Crippen molar-refractivity contribution in [1.82, 2.24) is 31.9 Å². The summed E-state index contributed by atoms with van der Waals surface area (Å²) in [4.78, 5) is 42.9. The van der Waals surface area contributed by atoms with E-state index in [9.17, 15) is 19.2 Å². The average Bonchev–Trinajstić information content (AvgIpc) is 2.51. The van der Waals surface area contributed by atoms with Crippen molar-refractivity contribution in [3.8, 4) is 0 Å². The topological polar surface area (TPSA) is 181 Å². The van der Waals surface area contributed by atoms with Crippen LogP contribution in [0.3, 0.4) is 0 Å². The van der Waals surface area contributed by atoms with E-state index in [1.54, 1.807) is 0 Å². The Bertz CT molecular complexity index is 381. The van der Waals surface area contributed by atoms with E-state index in [-0.39, 0.29) is 38.2 Å². The minimum atomic E-state index is -1.15. The zero-order chi connectivity index (χ0) is 18.2. The fourth-order valence-electron chi connectivity index (χ4n) is 1.47. The first-order chi connectivity index (χ1) is 11.4. The average molecular weight is 348 g/mol. The van der Waals surface area contributed by atoms with Crippen LogP contribution in [0.25, 0.3) is 0 Å². The summed E-state index contributed by atoms with van der Waals surface area (Å²) < 4.78 is 0. The molecular formula is C12H24N6O6. The number of hydrogen-bond donors (Lipinski definition) is 8. The maximum absolute atomic E-state index is 11.3. The van der Waals surface area contributed by atoms with Crippen LogP contribution in [0, 0.1) is 0 Å². The lowest BCUT2D eigenvalue weighted by molar-refractivity contribution is 0.193. The van der Waals surface area contributed by atoms with Gasteiger partial charge in [-0.1, -0.05) is 0 Å². The first-order valence-corrected chi connectivity index (χ1v) is 7.39. The number of carboxylic acid groups (broad SMARTS) is 2. The third kappa shape index (κ3) is 15.5. The summed E-state index contributed by atoms with van der Waals surface area (Å²) in [6, 6.07) is -0.780. The van der Waals surface area contributed by atoms with Gasteiger partial charge in [-0.3, -0.25) is 0 Å². The van der Waals surface area contributed by atoms with Gasteiger partial charge in [0.1, 0.15) is 0 Å². The molecule has 12 heteroatoms. The van der Waals surface area contributed by atoms with Gasteiger partial charge in [0, 0.05) is 39.3 Å². The molecule has 0 aromatic rings. The standard InChI is InChI=1S/C12H24N6O6/c19-9(15-5-7-17-11(21)22)13-3-1-2-4-14-10(20)16-6-8-18-12(23)24/h17-18H,1-8H2,(H,21,22)(H,23,24)(H2,13,15,19)(H2,14,16,20). The van der Waals surface area contributed by atoms with Crippen LogP contribution in [0.5, 0.6) is 0 Å². The van der Waals surface area contributed by atoms with Gasteiger partial charge in [0.25, 0.3) is 0 Å². The normalized spacial score (nSPS) is 9.50. The van der Waals surface area contributed by atoms with E-state index in [0.29, 0.717) is 25.9 Å². The van der Waals surface area contributed by atoms with E-state index in [2.05, 4.69) is 31.9 Å². The molecule has 6 amide bonds. The van der Waals surface area contributed by atoms with Gasteiger partial charge in [-0.05, 0) is 12.8 Å². The summed E-state index contributed by atoms with van der Waals surface area (Å²) in [5.74, 6) is 0. The molecule has 12 nitrogen and oxygen atoms in total. The highest BCUT2D eigenvalue weighted by atomic mass is 16.4. The smallest absolute Gasteiger partial charge is 0.404 e. The lowest BCUT2D eigenvalue weighted by Crippen LogP contribution is -2.41. The number of hydrogen-bond acceptors (Lipinski definition) is 4. The molecule has 0 aromatic carbocycles.